The molecule has 4 aliphatic heterocycles. The van der Waals surface area contributed by atoms with Gasteiger partial charge in [-0.1, -0.05) is 52.0 Å². The highest BCUT2D eigenvalue weighted by atomic mass is 19.1. The molecule has 4 heterocycles. The zero-order valence-corrected chi connectivity index (χ0v) is 34.5. The van der Waals surface area contributed by atoms with E-state index in [0.717, 1.165) is 76.1 Å². The number of rotatable bonds is 10. The largest absolute Gasteiger partial charge is 0.381 e. The van der Waals surface area contributed by atoms with E-state index in [-0.39, 0.29) is 71.0 Å². The first-order valence-corrected chi connectivity index (χ1v) is 21.8. The van der Waals surface area contributed by atoms with Gasteiger partial charge in [0.1, 0.15) is 23.7 Å². The van der Waals surface area contributed by atoms with Gasteiger partial charge in [-0.05, 0) is 122 Å². The van der Waals surface area contributed by atoms with Crippen LogP contribution < -0.4 is 10.6 Å². The molecule has 0 bridgehead atoms. The first-order chi connectivity index (χ1) is 27.9. The molecule has 0 spiro atoms. The number of ether oxygens (including phenoxy) is 2. The lowest BCUT2D eigenvalue weighted by molar-refractivity contribution is -0.147. The van der Waals surface area contributed by atoms with Crippen LogP contribution in [0.3, 0.4) is 0 Å². The van der Waals surface area contributed by atoms with Gasteiger partial charge in [0, 0.05) is 63.4 Å². The molecule has 2 aliphatic carbocycles. The van der Waals surface area contributed by atoms with E-state index < -0.39 is 12.1 Å². The van der Waals surface area contributed by atoms with Crippen molar-refractivity contribution in [3.63, 3.8) is 0 Å². The summed E-state index contributed by atoms with van der Waals surface area (Å²) in [6.07, 6.45) is 6.58. The monoisotopic (exact) mass is 804 g/mol. The van der Waals surface area contributed by atoms with Crippen LogP contribution in [0.1, 0.15) is 102 Å². The van der Waals surface area contributed by atoms with E-state index >= 15 is 0 Å². The number of benzene rings is 2. The molecule has 58 heavy (non-hydrogen) atoms. The zero-order valence-electron chi connectivity index (χ0n) is 34.5. The number of hydrogen-bond acceptors (Lipinski definition) is 6. The summed E-state index contributed by atoms with van der Waals surface area (Å²) in [6.45, 7) is 12.4. The summed E-state index contributed by atoms with van der Waals surface area (Å²) in [5.41, 5.74) is 2.01. The van der Waals surface area contributed by atoms with Crippen LogP contribution in [-0.4, -0.2) is 97.1 Å². The Balaban J connectivity index is 0.000000177. The average Bonchev–Trinajstić information content (AvgIpc) is 4.16. The maximum Gasteiger partial charge on any atom is 0.243 e. The molecule has 6 aliphatic rings. The Morgan fingerprint density at radius 3 is 1.29 bits per heavy atom. The molecule has 8 atom stereocenters. The average molecular weight is 805 g/mol. The van der Waals surface area contributed by atoms with Crippen molar-refractivity contribution < 1.29 is 37.4 Å². The fourth-order valence-electron chi connectivity index (χ4n) is 9.75. The number of piperazine rings is 2. The molecule has 2 aromatic carbocycles. The van der Waals surface area contributed by atoms with Crippen molar-refractivity contribution >= 4 is 23.6 Å². The predicted molar refractivity (Wildman–Crippen MR) is 215 cm³/mol. The maximum atomic E-state index is 13.4. The van der Waals surface area contributed by atoms with Gasteiger partial charge in [0.05, 0.1) is 0 Å². The SMILES string of the molecule is CC(C)C[C@H]1C(=O)N[C@@H](C2CCOCC2)CN1C(=O)[C@@H]1C[C@H]1c1ccc(F)cc1.CC(C)C[C@H]1C(=O)N[C@H](C2CCOCC2)CN1C(=O)[C@@H]1C[C@H]1c1ccc(F)cc1. The van der Waals surface area contributed by atoms with Crippen LogP contribution in [0.4, 0.5) is 8.78 Å². The summed E-state index contributed by atoms with van der Waals surface area (Å²) in [5.74, 6) is 1.03. The molecule has 2 saturated carbocycles. The highest BCUT2D eigenvalue weighted by molar-refractivity contribution is 5.92. The van der Waals surface area contributed by atoms with Crippen molar-refractivity contribution in [3.8, 4) is 0 Å². The molecule has 2 aromatic rings. The van der Waals surface area contributed by atoms with Crippen molar-refractivity contribution in [1.29, 1.82) is 0 Å². The Morgan fingerprint density at radius 1 is 0.621 bits per heavy atom. The van der Waals surface area contributed by atoms with Crippen molar-refractivity contribution in [1.82, 2.24) is 20.4 Å². The predicted octanol–water partition coefficient (Wildman–Crippen LogP) is 6.20. The van der Waals surface area contributed by atoms with E-state index in [0.29, 0.717) is 49.6 Å². The van der Waals surface area contributed by atoms with Gasteiger partial charge in [-0.3, -0.25) is 19.2 Å². The van der Waals surface area contributed by atoms with E-state index in [9.17, 15) is 28.0 Å². The van der Waals surface area contributed by atoms with Crippen LogP contribution in [0.25, 0.3) is 0 Å². The molecule has 12 heteroatoms. The van der Waals surface area contributed by atoms with Gasteiger partial charge < -0.3 is 29.9 Å². The zero-order chi connectivity index (χ0) is 41.1. The lowest BCUT2D eigenvalue weighted by atomic mass is 9.87. The van der Waals surface area contributed by atoms with Crippen molar-refractivity contribution in [2.75, 3.05) is 39.5 Å². The fraction of sp³-hybridized carbons (Fsp3) is 0.652. The van der Waals surface area contributed by atoms with Crippen LogP contribution in [-0.2, 0) is 28.7 Å². The lowest BCUT2D eigenvalue weighted by Crippen LogP contribution is -2.64. The molecule has 316 valence electrons. The van der Waals surface area contributed by atoms with Crippen LogP contribution in [0, 0.1) is 47.1 Å². The molecule has 0 aromatic heterocycles. The highest BCUT2D eigenvalue weighted by Gasteiger charge is 2.51. The Labute approximate surface area is 342 Å². The molecule has 6 fully saturated rings. The topological polar surface area (TPSA) is 117 Å². The van der Waals surface area contributed by atoms with E-state index in [1.807, 2.05) is 9.80 Å². The third-order valence-electron chi connectivity index (χ3n) is 13.2. The Kier molecular flexibility index (Phi) is 13.5. The van der Waals surface area contributed by atoms with Crippen LogP contribution in [0.2, 0.25) is 0 Å². The second-order valence-corrected chi connectivity index (χ2v) is 18.4. The lowest BCUT2D eigenvalue weighted by Gasteiger charge is -2.43. The third kappa shape index (κ3) is 10.1. The van der Waals surface area contributed by atoms with Crippen molar-refractivity contribution in [2.24, 2.45) is 35.5 Å². The second kappa shape index (κ2) is 18.6. The molecular weight excluding hydrogens is 743 g/mol. The first kappa shape index (κ1) is 42.2. The highest BCUT2D eigenvalue weighted by Crippen LogP contribution is 2.50. The second-order valence-electron chi connectivity index (χ2n) is 18.4. The number of halogens is 2. The Morgan fingerprint density at radius 2 is 0.966 bits per heavy atom. The summed E-state index contributed by atoms with van der Waals surface area (Å²) in [6, 6.07) is 12.1. The van der Waals surface area contributed by atoms with E-state index in [1.54, 1.807) is 24.3 Å². The number of carbonyl (C=O) groups is 4. The van der Waals surface area contributed by atoms with Gasteiger partial charge in [-0.15, -0.1) is 0 Å². The minimum absolute atomic E-state index is 0.00165. The van der Waals surface area contributed by atoms with Gasteiger partial charge >= 0.3 is 0 Å². The molecular formula is C46H62F2N4O6. The molecule has 0 radical (unpaired) electrons. The molecule has 8 rings (SSSR count). The molecule has 4 saturated heterocycles. The van der Waals surface area contributed by atoms with Gasteiger partial charge in [0.15, 0.2) is 0 Å². The maximum absolute atomic E-state index is 13.4. The Bertz CT molecular complexity index is 1620. The van der Waals surface area contributed by atoms with Gasteiger partial charge in [-0.2, -0.15) is 0 Å². The van der Waals surface area contributed by atoms with Gasteiger partial charge in [-0.25, -0.2) is 8.78 Å². The van der Waals surface area contributed by atoms with Crippen molar-refractivity contribution in [2.45, 2.75) is 115 Å². The summed E-state index contributed by atoms with van der Waals surface area (Å²) < 4.78 is 37.4. The van der Waals surface area contributed by atoms with E-state index in [2.05, 4.69) is 38.3 Å². The molecule has 2 N–H and O–H groups in total. The summed E-state index contributed by atoms with van der Waals surface area (Å²) in [5, 5.41) is 6.41. The molecule has 4 amide bonds. The van der Waals surface area contributed by atoms with Crippen molar-refractivity contribution in [3.05, 3.63) is 71.3 Å². The first-order valence-electron chi connectivity index (χ1n) is 21.8. The number of nitrogens with zero attached hydrogens (tertiary/aromatic N) is 2. The van der Waals surface area contributed by atoms with Crippen LogP contribution in [0.5, 0.6) is 0 Å². The van der Waals surface area contributed by atoms with Crippen LogP contribution >= 0.6 is 0 Å². The quantitative estimate of drug-likeness (QED) is 0.296. The smallest absolute Gasteiger partial charge is 0.243 e. The third-order valence-corrected chi connectivity index (χ3v) is 13.2. The number of nitrogens with one attached hydrogen (secondary N) is 2. The van der Waals surface area contributed by atoms with Gasteiger partial charge in [0.2, 0.25) is 23.6 Å². The van der Waals surface area contributed by atoms with E-state index in [1.165, 1.54) is 24.3 Å². The minimum Gasteiger partial charge on any atom is -0.381 e. The minimum atomic E-state index is -0.395. The van der Waals surface area contributed by atoms with Gasteiger partial charge in [0.25, 0.3) is 0 Å². The summed E-state index contributed by atoms with van der Waals surface area (Å²) in [4.78, 5) is 56.5. The summed E-state index contributed by atoms with van der Waals surface area (Å²) in [7, 11) is 0. The molecule has 10 nitrogen and oxygen atoms in total. The number of carbonyl (C=O) groups excluding carboxylic acids is 4. The standard InChI is InChI=1S/2C23H31FN2O3/c2*1-14(2)11-21-22(27)25-20(16-7-9-29-10-8-16)13-26(21)23(28)19-12-18(19)15-3-5-17(24)6-4-15/h2*3-6,14,16,18-21H,7-13H2,1-2H3,(H,25,27)/t18-,19+,20+,21-;18-,19+,20-,21-/m00/s1. The van der Waals surface area contributed by atoms with E-state index in [4.69, 9.17) is 9.47 Å². The Hall–Kier alpha value is -3.90. The normalized spacial score (nSPS) is 30.3. The molecule has 0 unspecified atom stereocenters. The number of amides is 4. The number of hydrogen-bond donors (Lipinski definition) is 2. The van der Waals surface area contributed by atoms with Crippen LogP contribution in [0.15, 0.2) is 48.5 Å². The summed E-state index contributed by atoms with van der Waals surface area (Å²) >= 11 is 0. The fourth-order valence-corrected chi connectivity index (χ4v) is 9.75.